The van der Waals surface area contributed by atoms with Crippen LogP contribution in [0.3, 0.4) is 0 Å². The largest absolute Gasteiger partial charge is 0.272 e. The van der Waals surface area contributed by atoms with Crippen LogP contribution in [0.2, 0.25) is 0 Å². The van der Waals surface area contributed by atoms with E-state index >= 15 is 0 Å². The van der Waals surface area contributed by atoms with E-state index in [-0.39, 0.29) is 17.3 Å². The van der Waals surface area contributed by atoms with Crippen molar-refractivity contribution in [3.05, 3.63) is 74.2 Å². The van der Waals surface area contributed by atoms with Crippen molar-refractivity contribution in [3.63, 3.8) is 0 Å². The predicted octanol–water partition coefficient (Wildman–Crippen LogP) is 4.13. The van der Waals surface area contributed by atoms with Gasteiger partial charge >= 0.3 is 0 Å². The van der Waals surface area contributed by atoms with Gasteiger partial charge in [-0.25, -0.2) is 5.43 Å². The molecule has 0 radical (unpaired) electrons. The third kappa shape index (κ3) is 6.32. The number of nitrogens with one attached hydrogen (secondary N) is 1. The summed E-state index contributed by atoms with van der Waals surface area (Å²) in [5.74, 6) is 0.665. The van der Waals surface area contributed by atoms with E-state index in [1.165, 1.54) is 23.9 Å². The predicted molar refractivity (Wildman–Crippen MR) is 104 cm³/mol. The highest BCUT2D eigenvalue weighted by Crippen LogP contribution is 2.16. The Morgan fingerprint density at radius 1 is 1.20 bits per heavy atom. The molecule has 0 saturated carbocycles. The number of hydrogen-bond donors (Lipinski definition) is 1. The van der Waals surface area contributed by atoms with E-state index in [0.29, 0.717) is 5.75 Å². The van der Waals surface area contributed by atoms with Gasteiger partial charge in [-0.2, -0.15) is 5.10 Å². The minimum atomic E-state index is -0.434. The quantitative estimate of drug-likeness (QED) is 0.413. The number of carbonyl (C=O) groups is 1. The molecule has 0 heterocycles. The fraction of sp³-hybridized carbons (Fsp3) is 0.176. The Kier molecular flexibility index (Phi) is 7.15. The highest BCUT2D eigenvalue weighted by Gasteiger charge is 2.05. The second kappa shape index (κ2) is 9.33. The zero-order valence-corrected chi connectivity index (χ0v) is 15.8. The zero-order chi connectivity index (χ0) is 18.2. The molecule has 0 atom stereocenters. The van der Waals surface area contributed by atoms with Crippen molar-refractivity contribution in [2.45, 2.75) is 12.7 Å². The second-order valence-corrected chi connectivity index (χ2v) is 7.06. The lowest BCUT2D eigenvalue weighted by Gasteiger charge is -2.04. The van der Waals surface area contributed by atoms with E-state index in [9.17, 15) is 14.9 Å². The van der Waals surface area contributed by atoms with Gasteiger partial charge in [-0.15, -0.1) is 11.8 Å². The van der Waals surface area contributed by atoms with Gasteiger partial charge in [0.2, 0.25) is 5.91 Å². The van der Waals surface area contributed by atoms with E-state index in [2.05, 4.69) is 26.5 Å². The summed E-state index contributed by atoms with van der Waals surface area (Å²) in [5, 5.41) is 14.7. The summed E-state index contributed by atoms with van der Waals surface area (Å²) in [6, 6.07) is 14.0. The third-order valence-corrected chi connectivity index (χ3v) is 4.79. The van der Waals surface area contributed by atoms with E-state index in [1.807, 2.05) is 31.2 Å². The third-order valence-electron chi connectivity index (χ3n) is 3.26. The maximum atomic E-state index is 11.8. The molecule has 0 spiro atoms. The first kappa shape index (κ1) is 19.1. The number of halogens is 1. The lowest BCUT2D eigenvalue weighted by atomic mass is 10.1. The molecule has 0 aliphatic carbocycles. The van der Waals surface area contributed by atoms with Gasteiger partial charge in [0.25, 0.3) is 5.69 Å². The van der Waals surface area contributed by atoms with E-state index in [0.717, 1.165) is 21.3 Å². The molecule has 0 aliphatic heterocycles. The van der Waals surface area contributed by atoms with Gasteiger partial charge in [-0.05, 0) is 30.2 Å². The standard InChI is InChI=1S/C17H16BrN3O3S/c1-12(14-4-6-15(18)7-5-14)19-20-17(22)11-25-10-13-2-8-16(9-3-13)21(23)24/h2-9H,10-11H2,1H3,(H,20,22)/b19-12-. The highest BCUT2D eigenvalue weighted by atomic mass is 79.9. The molecule has 8 heteroatoms. The maximum absolute atomic E-state index is 11.8. The SMILES string of the molecule is C/C(=N/NC(=O)CSCc1ccc([N+](=O)[O-])cc1)c1ccc(Br)cc1. The normalized spacial score (nSPS) is 11.2. The lowest BCUT2D eigenvalue weighted by Crippen LogP contribution is -2.21. The molecule has 0 aromatic heterocycles. The van der Waals surface area contributed by atoms with Crippen molar-refractivity contribution >= 4 is 45.0 Å². The number of nitrogens with zero attached hydrogens (tertiary/aromatic N) is 2. The molecule has 1 amide bonds. The molecule has 0 fully saturated rings. The molecule has 130 valence electrons. The summed E-state index contributed by atoms with van der Waals surface area (Å²) in [7, 11) is 0. The molecular weight excluding hydrogens is 406 g/mol. The van der Waals surface area contributed by atoms with Crippen molar-refractivity contribution in [2.24, 2.45) is 5.10 Å². The minimum Gasteiger partial charge on any atom is -0.272 e. The molecule has 2 aromatic carbocycles. The van der Waals surface area contributed by atoms with Gasteiger partial charge < -0.3 is 0 Å². The number of hydrazone groups is 1. The Bertz CT molecular complexity index is 777. The molecule has 25 heavy (non-hydrogen) atoms. The first-order valence-electron chi connectivity index (χ1n) is 7.36. The van der Waals surface area contributed by atoms with Crippen LogP contribution in [0.25, 0.3) is 0 Å². The summed E-state index contributed by atoms with van der Waals surface area (Å²) >= 11 is 4.79. The van der Waals surface area contributed by atoms with E-state index in [4.69, 9.17) is 0 Å². The molecule has 6 nitrogen and oxygen atoms in total. The Hall–Kier alpha value is -2.19. The molecule has 2 rings (SSSR count). The van der Waals surface area contributed by atoms with Crippen LogP contribution in [-0.2, 0) is 10.5 Å². The topological polar surface area (TPSA) is 84.6 Å². The summed E-state index contributed by atoms with van der Waals surface area (Å²) in [5.41, 5.74) is 5.18. The number of nitro benzene ring substituents is 1. The van der Waals surface area contributed by atoms with Crippen LogP contribution < -0.4 is 5.43 Å². The van der Waals surface area contributed by atoms with Crippen molar-refractivity contribution in [3.8, 4) is 0 Å². The number of nitro groups is 1. The Morgan fingerprint density at radius 3 is 2.44 bits per heavy atom. The number of rotatable bonds is 7. The number of benzene rings is 2. The van der Waals surface area contributed by atoms with Crippen LogP contribution in [0, 0.1) is 10.1 Å². The summed E-state index contributed by atoms with van der Waals surface area (Å²) in [6.45, 7) is 1.83. The summed E-state index contributed by atoms with van der Waals surface area (Å²) in [6.07, 6.45) is 0. The van der Waals surface area contributed by atoms with Crippen molar-refractivity contribution in [1.82, 2.24) is 5.43 Å². The Morgan fingerprint density at radius 2 is 1.84 bits per heavy atom. The van der Waals surface area contributed by atoms with Crippen molar-refractivity contribution in [2.75, 3.05) is 5.75 Å². The number of non-ortho nitro benzene ring substituents is 1. The number of amides is 1. The zero-order valence-electron chi connectivity index (χ0n) is 13.4. The first-order valence-corrected chi connectivity index (χ1v) is 9.30. The van der Waals surface area contributed by atoms with E-state index < -0.39 is 4.92 Å². The first-order chi connectivity index (χ1) is 12.0. The minimum absolute atomic E-state index is 0.0595. The van der Waals surface area contributed by atoms with Crippen LogP contribution >= 0.6 is 27.7 Å². The smallest absolute Gasteiger partial charge is 0.269 e. The van der Waals surface area contributed by atoms with Gasteiger partial charge in [0.1, 0.15) is 0 Å². The molecule has 0 bridgehead atoms. The van der Waals surface area contributed by atoms with Crippen LogP contribution in [0.4, 0.5) is 5.69 Å². The molecule has 1 N–H and O–H groups in total. The highest BCUT2D eigenvalue weighted by molar-refractivity contribution is 9.10. The Labute approximate surface area is 158 Å². The molecule has 0 unspecified atom stereocenters. The molecule has 2 aromatic rings. The lowest BCUT2D eigenvalue weighted by molar-refractivity contribution is -0.384. The van der Waals surface area contributed by atoms with Gasteiger partial charge in [-0.3, -0.25) is 14.9 Å². The van der Waals surface area contributed by atoms with Crippen LogP contribution in [0.15, 0.2) is 58.1 Å². The Balaban J connectivity index is 1.77. The van der Waals surface area contributed by atoms with E-state index in [1.54, 1.807) is 12.1 Å². The van der Waals surface area contributed by atoms with Gasteiger partial charge in [0.05, 0.1) is 16.4 Å². The molecule has 0 aliphatic rings. The van der Waals surface area contributed by atoms with Gasteiger partial charge in [0, 0.05) is 22.4 Å². The fourth-order valence-corrected chi connectivity index (χ4v) is 2.95. The van der Waals surface area contributed by atoms with Crippen LogP contribution in [-0.4, -0.2) is 22.3 Å². The van der Waals surface area contributed by atoms with Crippen molar-refractivity contribution in [1.29, 1.82) is 0 Å². The summed E-state index contributed by atoms with van der Waals surface area (Å²) in [4.78, 5) is 22.0. The average Bonchev–Trinajstić information content (AvgIpc) is 2.60. The monoisotopic (exact) mass is 421 g/mol. The van der Waals surface area contributed by atoms with Crippen LogP contribution in [0.1, 0.15) is 18.1 Å². The number of carbonyl (C=O) groups excluding carboxylic acids is 1. The number of hydrogen-bond acceptors (Lipinski definition) is 5. The van der Waals surface area contributed by atoms with Crippen molar-refractivity contribution < 1.29 is 9.72 Å². The maximum Gasteiger partial charge on any atom is 0.269 e. The van der Waals surface area contributed by atoms with Gasteiger partial charge in [0.15, 0.2) is 0 Å². The fourth-order valence-electron chi connectivity index (χ4n) is 1.91. The average molecular weight is 422 g/mol. The molecule has 0 saturated heterocycles. The second-order valence-electron chi connectivity index (χ2n) is 5.16. The number of thioether (sulfide) groups is 1. The molecular formula is C17H16BrN3O3S. The van der Waals surface area contributed by atoms with Gasteiger partial charge in [-0.1, -0.05) is 40.2 Å². The van der Waals surface area contributed by atoms with Crippen LogP contribution in [0.5, 0.6) is 0 Å². The summed E-state index contributed by atoms with van der Waals surface area (Å²) < 4.78 is 0.982.